The summed E-state index contributed by atoms with van der Waals surface area (Å²) in [5.41, 5.74) is 7.54. The second-order valence-corrected chi connectivity index (χ2v) is 19.2. The van der Waals surface area contributed by atoms with Gasteiger partial charge in [0.1, 0.15) is 0 Å². The van der Waals surface area contributed by atoms with Crippen molar-refractivity contribution < 1.29 is 0 Å². The molecule has 1 nitrogen and oxygen atoms in total. The molecule has 0 N–H and O–H groups in total. The number of halogens is 2. The summed E-state index contributed by atoms with van der Waals surface area (Å²) < 4.78 is 7.16. The molecule has 0 atom stereocenters. The average molecular weight is 626 g/mol. The number of hydrogen-bond acceptors (Lipinski definition) is 1. The molecule has 3 aromatic rings. The number of rotatable bonds is 3. The second kappa shape index (κ2) is 9.02. The van der Waals surface area contributed by atoms with E-state index in [1.54, 1.807) is 17.9 Å². The van der Waals surface area contributed by atoms with Crippen molar-refractivity contribution in [3.63, 3.8) is 0 Å². The van der Waals surface area contributed by atoms with Gasteiger partial charge in [0.25, 0.3) is 0 Å². The normalized spacial score (nSPS) is 13.5. The van der Waals surface area contributed by atoms with Crippen LogP contribution in [0.3, 0.4) is 0 Å². The molecule has 3 aromatic carbocycles. The number of fused-ring (bicyclic) bond motifs is 3. The Morgan fingerprint density at radius 2 is 1.24 bits per heavy atom. The van der Waals surface area contributed by atoms with Crippen LogP contribution in [-0.4, -0.2) is 35.2 Å². The van der Waals surface area contributed by atoms with E-state index in [1.165, 1.54) is 22.3 Å². The van der Waals surface area contributed by atoms with Crippen LogP contribution >= 0.6 is 31.9 Å². The first kappa shape index (κ1) is 25.3. The van der Waals surface area contributed by atoms with Gasteiger partial charge in [-0.05, 0) is 0 Å². The monoisotopic (exact) mass is 623 g/mol. The van der Waals surface area contributed by atoms with Crippen LogP contribution in [-0.2, 0) is 17.4 Å². The van der Waals surface area contributed by atoms with Crippen LogP contribution in [0.5, 0.6) is 0 Å². The molecular formula is C29H34Br2GaN. The Hall–Kier alpha value is -0.784. The first-order chi connectivity index (χ1) is 15.3. The van der Waals surface area contributed by atoms with Crippen LogP contribution in [0.4, 0.5) is 0 Å². The molecule has 0 unspecified atom stereocenters. The zero-order chi connectivity index (χ0) is 24.3. The van der Waals surface area contributed by atoms with Gasteiger partial charge in [0.2, 0.25) is 0 Å². The Bertz CT molecular complexity index is 1160. The van der Waals surface area contributed by atoms with Crippen LogP contribution in [0, 0.1) is 0 Å². The fraction of sp³-hybridized carbons (Fsp3) is 0.379. The van der Waals surface area contributed by atoms with Crippen LogP contribution in [0.1, 0.15) is 58.2 Å². The fourth-order valence-corrected chi connectivity index (χ4v) is 14.2. The van der Waals surface area contributed by atoms with E-state index < -0.39 is 16.2 Å². The predicted molar refractivity (Wildman–Crippen MR) is 153 cm³/mol. The molecule has 0 amide bonds. The summed E-state index contributed by atoms with van der Waals surface area (Å²) in [7, 11) is 4.39. The zero-order valence-electron chi connectivity index (χ0n) is 21.1. The number of nitrogens with zero attached hydrogens (tertiary/aromatic N) is 1. The molecule has 0 bridgehead atoms. The molecule has 1 aliphatic heterocycles. The summed E-state index contributed by atoms with van der Waals surface area (Å²) in [6.45, 7) is 15.2. The molecule has 0 aromatic heterocycles. The van der Waals surface area contributed by atoms with E-state index in [4.69, 9.17) is 0 Å². The Labute approximate surface area is 222 Å². The topological polar surface area (TPSA) is 3.24 Å². The molecule has 0 radical (unpaired) electrons. The standard InChI is InChI=1S/C17H28N.C12H6Br2.Ga/c1-16(2,3)14-9-13(12-18(7)8)10-15(11-14)17(4,5)6;13-11-5-1-3-9(7-11)10-4-2-6-12(14)8-10;/h9,11H,12H2,1-8H3;1-2,5-8H;. The molecule has 0 fully saturated rings. The molecule has 1 heterocycles. The first-order valence-electron chi connectivity index (χ1n) is 11.7. The van der Waals surface area contributed by atoms with Gasteiger partial charge in [-0.2, -0.15) is 0 Å². The molecule has 0 spiro atoms. The van der Waals surface area contributed by atoms with Gasteiger partial charge in [-0.25, -0.2) is 0 Å². The van der Waals surface area contributed by atoms with Crippen molar-refractivity contribution in [2.75, 3.05) is 14.1 Å². The van der Waals surface area contributed by atoms with E-state index in [0.29, 0.717) is 0 Å². The van der Waals surface area contributed by atoms with E-state index in [1.807, 2.05) is 0 Å². The first-order valence-corrected chi connectivity index (χ1v) is 16.9. The fourth-order valence-electron chi connectivity index (χ4n) is 5.08. The van der Waals surface area contributed by atoms with E-state index in [-0.39, 0.29) is 10.8 Å². The van der Waals surface area contributed by atoms with Gasteiger partial charge >= 0.3 is 224 Å². The predicted octanol–water partition coefficient (Wildman–Crippen LogP) is 6.36. The van der Waals surface area contributed by atoms with Gasteiger partial charge in [-0.15, -0.1) is 0 Å². The zero-order valence-corrected chi connectivity index (χ0v) is 26.7. The minimum atomic E-state index is -2.32. The minimum absolute atomic E-state index is 0.0799. The van der Waals surface area contributed by atoms with Gasteiger partial charge in [0, 0.05) is 0 Å². The van der Waals surface area contributed by atoms with Gasteiger partial charge in [-0.3, -0.25) is 0 Å². The number of benzene rings is 3. The van der Waals surface area contributed by atoms with Crippen molar-refractivity contribution >= 4 is 60.4 Å². The third kappa shape index (κ3) is 4.97. The maximum atomic E-state index is 3.74. The quantitative estimate of drug-likeness (QED) is 0.240. The summed E-state index contributed by atoms with van der Waals surface area (Å²) in [6, 6.07) is 19.0. The molecule has 0 aliphatic carbocycles. The van der Waals surface area contributed by atoms with Crippen molar-refractivity contribution in [1.82, 2.24) is 4.90 Å². The van der Waals surface area contributed by atoms with Crippen molar-refractivity contribution in [3.05, 3.63) is 74.2 Å². The average Bonchev–Trinajstić information content (AvgIpc) is 2.98. The van der Waals surface area contributed by atoms with Gasteiger partial charge in [0.15, 0.2) is 0 Å². The second-order valence-electron chi connectivity index (χ2n) is 11.7. The van der Waals surface area contributed by atoms with Gasteiger partial charge in [-0.1, -0.05) is 0 Å². The molecule has 1 aliphatic rings. The molecule has 4 heteroatoms. The molecule has 0 saturated heterocycles. The summed E-state index contributed by atoms with van der Waals surface area (Å²) in [5.74, 6) is 0. The van der Waals surface area contributed by atoms with Gasteiger partial charge in [0.05, 0.1) is 0 Å². The molecule has 0 saturated carbocycles. The summed E-state index contributed by atoms with van der Waals surface area (Å²) >= 11 is 5.16. The Balaban J connectivity index is 2.11. The summed E-state index contributed by atoms with van der Waals surface area (Å²) in [5, 5.41) is 0. The van der Waals surface area contributed by atoms with Crippen molar-refractivity contribution in [3.8, 4) is 11.1 Å². The Morgan fingerprint density at radius 1 is 0.727 bits per heavy atom. The number of hydrogen-bond donors (Lipinski definition) is 0. The van der Waals surface area contributed by atoms with Gasteiger partial charge < -0.3 is 0 Å². The molecule has 172 valence electrons. The Kier molecular flexibility index (Phi) is 6.92. The van der Waals surface area contributed by atoms with Crippen LogP contribution < -0.4 is 12.4 Å². The summed E-state index contributed by atoms with van der Waals surface area (Å²) in [6.07, 6.45) is 0. The van der Waals surface area contributed by atoms with Crippen molar-refractivity contribution in [2.24, 2.45) is 0 Å². The molecule has 4 rings (SSSR count). The van der Waals surface area contributed by atoms with E-state index in [2.05, 4.69) is 141 Å². The van der Waals surface area contributed by atoms with E-state index in [9.17, 15) is 0 Å². The third-order valence-corrected chi connectivity index (χ3v) is 15.0. The summed E-state index contributed by atoms with van der Waals surface area (Å²) in [4.78, 5) is 2.33. The maximum absolute atomic E-state index is 3.74. The van der Waals surface area contributed by atoms with Crippen LogP contribution in [0.25, 0.3) is 11.1 Å². The van der Waals surface area contributed by atoms with Crippen molar-refractivity contribution in [2.45, 2.75) is 58.9 Å². The van der Waals surface area contributed by atoms with E-state index >= 15 is 0 Å². The van der Waals surface area contributed by atoms with Crippen LogP contribution in [0.2, 0.25) is 0 Å². The SMILES string of the molecule is CN(C)Cc1cc(C(C)(C)C)cc(C(C)(C)C)[c]1[Ga]1[c]2ccc(Br)cc2-c2cc(Br)cc[c]21. The molecule has 33 heavy (non-hydrogen) atoms. The van der Waals surface area contributed by atoms with E-state index in [0.717, 1.165) is 15.5 Å². The Morgan fingerprint density at radius 3 is 1.67 bits per heavy atom. The van der Waals surface area contributed by atoms with Crippen LogP contribution in [0.15, 0.2) is 57.5 Å². The molecular weight excluding hydrogens is 592 g/mol. The third-order valence-electron chi connectivity index (χ3n) is 6.66. The van der Waals surface area contributed by atoms with Crippen molar-refractivity contribution in [1.29, 1.82) is 0 Å².